The Balaban J connectivity index is 1.62. The molecule has 0 unspecified atom stereocenters. The minimum Gasteiger partial charge on any atom is -0.481 e. The number of thiol groups is 1. The quantitative estimate of drug-likeness (QED) is 0.0417. The second kappa shape index (κ2) is 24.0. The first-order valence-corrected chi connectivity index (χ1v) is 19.2. The van der Waals surface area contributed by atoms with E-state index in [1.54, 1.807) is 18.2 Å². The molecule has 7 amide bonds. The summed E-state index contributed by atoms with van der Waals surface area (Å²) < 4.78 is 28.1. The zero-order valence-electron chi connectivity index (χ0n) is 30.3. The number of carbonyl (C=O) groups excluding carboxylic acids is 6. The average molecular weight is 840 g/mol. The number of hydrogen-bond acceptors (Lipinski definition) is 13. The molecule has 3 atom stereocenters. The van der Waals surface area contributed by atoms with Gasteiger partial charge in [0.05, 0.1) is 30.4 Å². The lowest BCUT2D eigenvalue weighted by molar-refractivity contribution is -0.143. The third kappa shape index (κ3) is 19.1. The highest BCUT2D eigenvalue weighted by Gasteiger charge is 2.27. The number of urea groups is 1. The van der Waals surface area contributed by atoms with E-state index in [1.165, 1.54) is 30.3 Å². The van der Waals surface area contributed by atoms with Crippen molar-refractivity contribution in [3.05, 3.63) is 48.5 Å². The van der Waals surface area contributed by atoms with Gasteiger partial charge in [0.15, 0.2) is 0 Å². The number of sulfonamides is 1. The van der Waals surface area contributed by atoms with Crippen LogP contribution in [0.5, 0.6) is 0 Å². The van der Waals surface area contributed by atoms with Crippen LogP contribution in [0.4, 0.5) is 21.9 Å². The molecule has 22 nitrogen and oxygen atoms in total. The average Bonchev–Trinajstić information content (AvgIpc) is 3.13. The summed E-state index contributed by atoms with van der Waals surface area (Å²) in [4.78, 5) is 96.1. The number of carboxylic acids is 2. The Hall–Kier alpha value is -5.82. The minimum absolute atomic E-state index is 0.0374. The molecule has 0 aliphatic heterocycles. The lowest BCUT2D eigenvalue weighted by Crippen LogP contribution is -2.55. The number of amides is 7. The van der Waals surface area contributed by atoms with Crippen LogP contribution in [0, 0.1) is 5.92 Å². The predicted octanol–water partition coefficient (Wildman–Crippen LogP) is -1.63. The second-order valence-corrected chi connectivity index (χ2v) is 13.9. The standard InChI is InChI=1S/C33H45N9O13S2/c34-24(30(48)42-25(15-29(46)47)31(49)38-16-19(18-56)32(50)51)17-37-27(44)10-12-55-13-11-36-26(43)8-9-28(45)39-21-2-1-3-22(14-21)41-33(52)40-20-4-6-23(7-5-20)57(35,53)54/h1-7,14,19,24-25,56H,8-13,15-18,34H2,(H,36,43)(H,37,44)(H,38,49)(H,39,45)(H,42,48)(H,46,47)(H,50,51)(H2,35,53,54)(H2,40,41,52)/t19-,24-,25+/m1/s1. The Morgan fingerprint density at radius 1 is 0.737 bits per heavy atom. The molecule has 13 N–H and O–H groups in total. The van der Waals surface area contributed by atoms with E-state index in [-0.39, 0.29) is 62.8 Å². The molecule has 0 radical (unpaired) electrons. The summed E-state index contributed by atoms with van der Waals surface area (Å²) in [5.74, 6) is -7.11. The van der Waals surface area contributed by atoms with Crippen molar-refractivity contribution in [1.82, 2.24) is 21.3 Å². The maximum absolute atomic E-state index is 12.4. The number of rotatable bonds is 24. The Morgan fingerprint density at radius 2 is 1.35 bits per heavy atom. The van der Waals surface area contributed by atoms with Gasteiger partial charge in [-0.25, -0.2) is 18.4 Å². The van der Waals surface area contributed by atoms with Crippen LogP contribution >= 0.6 is 12.6 Å². The molecule has 0 aliphatic carbocycles. The van der Waals surface area contributed by atoms with Crippen LogP contribution in [0.15, 0.2) is 53.4 Å². The topological polar surface area (TPSA) is 357 Å². The van der Waals surface area contributed by atoms with Crippen LogP contribution in [-0.4, -0.2) is 117 Å². The largest absolute Gasteiger partial charge is 0.481 e. The monoisotopic (exact) mass is 839 g/mol. The maximum atomic E-state index is 12.4. The molecule has 24 heteroatoms. The Morgan fingerprint density at radius 3 is 1.96 bits per heavy atom. The predicted molar refractivity (Wildman–Crippen MR) is 206 cm³/mol. The SMILES string of the molecule is N[C@H](CNC(=O)CCOCCNC(=O)CCC(=O)Nc1cccc(NC(=O)Nc2ccc(S(N)(=O)=O)cc2)c1)C(=O)N[C@@H](CC(=O)O)C(=O)NC[C@H](CS)C(=O)O. The fourth-order valence-electron chi connectivity index (χ4n) is 4.41. The summed E-state index contributed by atoms with van der Waals surface area (Å²) in [5, 5.41) is 40.4. The van der Waals surface area contributed by atoms with E-state index in [9.17, 15) is 46.8 Å². The van der Waals surface area contributed by atoms with Gasteiger partial charge in [0, 0.05) is 61.7 Å². The number of hydrogen-bond donors (Lipinski definition) is 12. The molecule has 57 heavy (non-hydrogen) atoms. The lowest BCUT2D eigenvalue weighted by atomic mass is 10.1. The van der Waals surface area contributed by atoms with Gasteiger partial charge >= 0.3 is 18.0 Å². The van der Waals surface area contributed by atoms with Crippen LogP contribution in [0.2, 0.25) is 0 Å². The summed E-state index contributed by atoms with van der Waals surface area (Å²) in [5.41, 5.74) is 6.75. The van der Waals surface area contributed by atoms with E-state index >= 15 is 0 Å². The van der Waals surface area contributed by atoms with Crippen molar-refractivity contribution in [2.45, 2.75) is 42.7 Å². The number of anilines is 3. The lowest BCUT2D eigenvalue weighted by Gasteiger charge is -2.20. The van der Waals surface area contributed by atoms with Crippen molar-refractivity contribution >= 4 is 87.2 Å². The molecule has 2 aromatic carbocycles. The second-order valence-electron chi connectivity index (χ2n) is 12.0. The van der Waals surface area contributed by atoms with Crippen LogP contribution in [0.1, 0.15) is 25.7 Å². The van der Waals surface area contributed by atoms with E-state index in [0.29, 0.717) is 17.1 Å². The van der Waals surface area contributed by atoms with Crippen molar-refractivity contribution in [2.75, 3.05) is 54.6 Å². The number of carbonyl (C=O) groups is 8. The van der Waals surface area contributed by atoms with E-state index < -0.39 is 82.0 Å². The van der Waals surface area contributed by atoms with Gasteiger partial charge in [0.1, 0.15) is 12.1 Å². The van der Waals surface area contributed by atoms with Gasteiger partial charge in [-0.3, -0.25) is 33.6 Å². The van der Waals surface area contributed by atoms with Gasteiger partial charge in [-0.15, -0.1) is 0 Å². The number of nitrogens with two attached hydrogens (primary N) is 2. The zero-order chi connectivity index (χ0) is 42.5. The molecule has 0 spiro atoms. The first kappa shape index (κ1) is 47.3. The first-order chi connectivity index (χ1) is 26.9. The highest BCUT2D eigenvalue weighted by molar-refractivity contribution is 7.89. The molecule has 0 heterocycles. The number of ether oxygens (including phenoxy) is 1. The molecule has 0 fully saturated rings. The number of primary sulfonamides is 1. The van der Waals surface area contributed by atoms with E-state index in [0.717, 1.165) is 0 Å². The van der Waals surface area contributed by atoms with Crippen molar-refractivity contribution < 1.29 is 61.7 Å². The van der Waals surface area contributed by atoms with Crippen molar-refractivity contribution in [3.8, 4) is 0 Å². The van der Waals surface area contributed by atoms with Crippen molar-refractivity contribution in [2.24, 2.45) is 16.8 Å². The van der Waals surface area contributed by atoms with Gasteiger partial charge in [-0.05, 0) is 42.5 Å². The number of nitrogens with one attached hydrogen (secondary N) is 7. The van der Waals surface area contributed by atoms with Crippen LogP contribution in [0.3, 0.4) is 0 Å². The highest BCUT2D eigenvalue weighted by Crippen LogP contribution is 2.17. The molecular weight excluding hydrogens is 795 g/mol. The fourth-order valence-corrected chi connectivity index (χ4v) is 5.21. The van der Waals surface area contributed by atoms with Crippen LogP contribution < -0.4 is 48.1 Å². The van der Waals surface area contributed by atoms with E-state index in [4.69, 9.17) is 25.8 Å². The molecule has 0 aromatic heterocycles. The minimum atomic E-state index is -3.88. The molecule has 2 aromatic rings. The highest BCUT2D eigenvalue weighted by atomic mass is 32.2. The fraction of sp³-hybridized carbons (Fsp3) is 0.394. The third-order valence-corrected chi connectivity index (χ3v) is 8.80. The van der Waals surface area contributed by atoms with Crippen LogP contribution in [0.25, 0.3) is 0 Å². The van der Waals surface area contributed by atoms with Crippen LogP contribution in [-0.2, 0) is 48.3 Å². The van der Waals surface area contributed by atoms with Gasteiger partial charge in [-0.1, -0.05) is 6.07 Å². The van der Waals surface area contributed by atoms with Gasteiger partial charge < -0.3 is 57.9 Å². The molecule has 0 aliphatic rings. The van der Waals surface area contributed by atoms with Gasteiger partial charge in [0.25, 0.3) is 0 Å². The summed E-state index contributed by atoms with van der Waals surface area (Å²) in [7, 11) is -3.88. The Kier molecular flexibility index (Phi) is 19.9. The van der Waals surface area contributed by atoms with Crippen molar-refractivity contribution in [3.63, 3.8) is 0 Å². The first-order valence-electron chi connectivity index (χ1n) is 17.0. The summed E-state index contributed by atoms with van der Waals surface area (Å²) in [6, 6.07) is 7.86. The Bertz CT molecular complexity index is 1870. The zero-order valence-corrected chi connectivity index (χ0v) is 32.0. The molecule has 0 saturated carbocycles. The summed E-state index contributed by atoms with van der Waals surface area (Å²) in [6.07, 6.45) is -1.25. The van der Waals surface area contributed by atoms with Gasteiger partial charge in [0.2, 0.25) is 39.6 Å². The maximum Gasteiger partial charge on any atom is 0.323 e. The Labute approximate surface area is 332 Å². The van der Waals surface area contributed by atoms with Gasteiger partial charge in [-0.2, -0.15) is 12.6 Å². The molecule has 2 rings (SSSR count). The molecule has 312 valence electrons. The van der Waals surface area contributed by atoms with E-state index in [2.05, 4.69) is 49.8 Å². The normalized spacial score (nSPS) is 12.5. The number of benzene rings is 2. The van der Waals surface area contributed by atoms with E-state index in [1.807, 2.05) is 0 Å². The molecule has 0 bridgehead atoms. The third-order valence-electron chi connectivity index (χ3n) is 7.43. The van der Waals surface area contributed by atoms with Crippen molar-refractivity contribution in [1.29, 1.82) is 0 Å². The smallest absolute Gasteiger partial charge is 0.323 e. The molecular formula is C33H45N9O13S2. The summed E-state index contributed by atoms with van der Waals surface area (Å²) >= 11 is 3.88. The number of carboxylic acid groups (broad SMARTS) is 2. The summed E-state index contributed by atoms with van der Waals surface area (Å²) in [6.45, 7) is -0.650. The molecule has 0 saturated heterocycles. The number of aliphatic carboxylic acids is 2.